The van der Waals surface area contributed by atoms with E-state index in [4.69, 9.17) is 0 Å². The van der Waals surface area contributed by atoms with Gasteiger partial charge < -0.3 is 5.32 Å². The summed E-state index contributed by atoms with van der Waals surface area (Å²) in [5.74, 6) is 0.229. The summed E-state index contributed by atoms with van der Waals surface area (Å²) in [6, 6.07) is 0.416. The van der Waals surface area contributed by atoms with E-state index in [0.717, 1.165) is 13.0 Å². The van der Waals surface area contributed by atoms with Crippen LogP contribution in [0.4, 0.5) is 0 Å². The molecule has 0 saturated heterocycles. The van der Waals surface area contributed by atoms with Crippen molar-refractivity contribution in [1.82, 2.24) is 10.0 Å². The molecule has 18 heavy (non-hydrogen) atoms. The van der Waals surface area contributed by atoms with E-state index < -0.39 is 10.0 Å². The first kappa shape index (κ1) is 15.9. The van der Waals surface area contributed by atoms with Gasteiger partial charge in [0.1, 0.15) is 0 Å². The molecule has 0 atom stereocenters. The third-order valence-corrected chi connectivity index (χ3v) is 5.38. The molecule has 2 N–H and O–H groups in total. The fourth-order valence-corrected chi connectivity index (χ4v) is 3.52. The molecule has 1 rings (SSSR count). The molecule has 0 amide bonds. The van der Waals surface area contributed by atoms with E-state index in [1.165, 1.54) is 19.3 Å². The van der Waals surface area contributed by atoms with E-state index in [9.17, 15) is 8.42 Å². The monoisotopic (exact) mass is 276 g/mol. The smallest absolute Gasteiger partial charge is 0.211 e. The number of hydrogen-bond donors (Lipinski definition) is 2. The lowest BCUT2D eigenvalue weighted by Gasteiger charge is -2.41. The molecule has 1 aliphatic rings. The Morgan fingerprint density at radius 1 is 1.28 bits per heavy atom. The number of rotatable bonds is 9. The highest BCUT2D eigenvalue weighted by molar-refractivity contribution is 7.89. The Bertz CT molecular complexity index is 329. The zero-order valence-corrected chi connectivity index (χ0v) is 12.8. The Hall–Kier alpha value is -0.130. The predicted octanol–water partition coefficient (Wildman–Crippen LogP) is 1.87. The molecule has 0 aromatic carbocycles. The first-order chi connectivity index (χ1) is 8.39. The molecule has 0 aliphatic heterocycles. The Morgan fingerprint density at radius 3 is 2.39 bits per heavy atom. The molecule has 1 aliphatic carbocycles. The van der Waals surface area contributed by atoms with Gasteiger partial charge in [-0.05, 0) is 37.6 Å². The van der Waals surface area contributed by atoms with Gasteiger partial charge in [0, 0.05) is 12.6 Å². The standard InChI is InChI=1S/C13H28N2O2S/c1-4-13(7-5-8-13)11-15-18(16,17)10-6-9-14-12(2)3/h12,14-15H,4-11H2,1-3H3. The minimum Gasteiger partial charge on any atom is -0.314 e. The maximum atomic E-state index is 11.8. The van der Waals surface area contributed by atoms with E-state index in [1.807, 2.05) is 0 Å². The summed E-state index contributed by atoms with van der Waals surface area (Å²) in [5, 5.41) is 3.23. The lowest BCUT2D eigenvalue weighted by atomic mass is 9.67. The maximum Gasteiger partial charge on any atom is 0.211 e. The zero-order chi connectivity index (χ0) is 13.6. The average Bonchev–Trinajstić information content (AvgIpc) is 2.23. The number of hydrogen-bond acceptors (Lipinski definition) is 3. The molecule has 0 spiro atoms. The van der Waals surface area contributed by atoms with Crippen molar-refractivity contribution in [3.63, 3.8) is 0 Å². The van der Waals surface area contributed by atoms with Crippen molar-refractivity contribution in [3.8, 4) is 0 Å². The second kappa shape index (κ2) is 6.87. The molecular formula is C13H28N2O2S. The van der Waals surface area contributed by atoms with Crippen LogP contribution in [0, 0.1) is 5.41 Å². The molecule has 5 heteroatoms. The van der Waals surface area contributed by atoms with E-state index in [1.54, 1.807) is 0 Å². The van der Waals surface area contributed by atoms with Gasteiger partial charge in [-0.2, -0.15) is 0 Å². The Labute approximate surface area is 112 Å². The van der Waals surface area contributed by atoms with E-state index in [-0.39, 0.29) is 11.2 Å². The van der Waals surface area contributed by atoms with Gasteiger partial charge >= 0.3 is 0 Å². The first-order valence-corrected chi connectivity index (χ1v) is 8.75. The van der Waals surface area contributed by atoms with Crippen LogP contribution < -0.4 is 10.0 Å². The first-order valence-electron chi connectivity index (χ1n) is 7.10. The summed E-state index contributed by atoms with van der Waals surface area (Å²) in [4.78, 5) is 0. The van der Waals surface area contributed by atoms with E-state index in [2.05, 4.69) is 30.8 Å². The molecule has 4 nitrogen and oxygen atoms in total. The summed E-state index contributed by atoms with van der Waals surface area (Å²) in [5.41, 5.74) is 0.253. The summed E-state index contributed by atoms with van der Waals surface area (Å²) < 4.78 is 26.5. The highest BCUT2D eigenvalue weighted by Gasteiger charge is 2.35. The van der Waals surface area contributed by atoms with Crippen LogP contribution in [0.25, 0.3) is 0 Å². The van der Waals surface area contributed by atoms with Crippen molar-refractivity contribution in [3.05, 3.63) is 0 Å². The normalized spacial score (nSPS) is 18.9. The minimum atomic E-state index is -3.09. The van der Waals surface area contributed by atoms with Gasteiger partial charge in [-0.1, -0.05) is 27.2 Å². The van der Waals surface area contributed by atoms with Crippen molar-refractivity contribution >= 4 is 10.0 Å². The molecule has 0 aromatic rings. The molecular weight excluding hydrogens is 248 g/mol. The molecule has 0 unspecified atom stereocenters. The third-order valence-electron chi connectivity index (χ3n) is 3.97. The Morgan fingerprint density at radius 2 is 1.94 bits per heavy atom. The summed E-state index contributed by atoms with van der Waals surface area (Å²) in [6.07, 6.45) is 5.33. The minimum absolute atomic E-state index is 0.229. The fourth-order valence-electron chi connectivity index (χ4n) is 2.32. The summed E-state index contributed by atoms with van der Waals surface area (Å²) >= 11 is 0. The van der Waals surface area contributed by atoms with Crippen molar-refractivity contribution in [2.45, 2.75) is 58.9 Å². The molecule has 0 bridgehead atoms. The van der Waals surface area contributed by atoms with Crippen LogP contribution in [0.5, 0.6) is 0 Å². The Balaban J connectivity index is 2.23. The largest absolute Gasteiger partial charge is 0.314 e. The second-order valence-corrected chi connectivity index (χ2v) is 7.74. The van der Waals surface area contributed by atoms with Crippen LogP contribution in [-0.4, -0.2) is 33.3 Å². The SMILES string of the molecule is CCC1(CNS(=O)(=O)CCCNC(C)C)CCC1. The second-order valence-electron chi connectivity index (χ2n) is 5.81. The van der Waals surface area contributed by atoms with Gasteiger partial charge in [-0.3, -0.25) is 0 Å². The van der Waals surface area contributed by atoms with Crippen molar-refractivity contribution in [2.24, 2.45) is 5.41 Å². The van der Waals surface area contributed by atoms with Gasteiger partial charge in [0.2, 0.25) is 10.0 Å². The highest BCUT2D eigenvalue weighted by Crippen LogP contribution is 2.43. The predicted molar refractivity (Wildman–Crippen MR) is 76.1 cm³/mol. The highest BCUT2D eigenvalue weighted by atomic mass is 32.2. The molecule has 0 aromatic heterocycles. The van der Waals surface area contributed by atoms with Crippen LogP contribution in [0.15, 0.2) is 0 Å². The maximum absolute atomic E-state index is 11.8. The van der Waals surface area contributed by atoms with Crippen molar-refractivity contribution in [1.29, 1.82) is 0 Å². The van der Waals surface area contributed by atoms with Gasteiger partial charge in [0.15, 0.2) is 0 Å². The van der Waals surface area contributed by atoms with Gasteiger partial charge in [0.05, 0.1) is 5.75 Å². The van der Waals surface area contributed by atoms with E-state index >= 15 is 0 Å². The topological polar surface area (TPSA) is 58.2 Å². The van der Waals surface area contributed by atoms with Crippen LogP contribution >= 0.6 is 0 Å². The summed E-state index contributed by atoms with van der Waals surface area (Å²) in [6.45, 7) is 7.67. The van der Waals surface area contributed by atoms with E-state index in [0.29, 0.717) is 19.0 Å². The lowest BCUT2D eigenvalue weighted by Crippen LogP contribution is -2.42. The molecule has 0 heterocycles. The van der Waals surface area contributed by atoms with Crippen molar-refractivity contribution < 1.29 is 8.42 Å². The zero-order valence-electron chi connectivity index (χ0n) is 12.0. The van der Waals surface area contributed by atoms with Crippen LogP contribution in [-0.2, 0) is 10.0 Å². The molecule has 108 valence electrons. The van der Waals surface area contributed by atoms with Crippen LogP contribution in [0.2, 0.25) is 0 Å². The lowest BCUT2D eigenvalue weighted by molar-refractivity contribution is 0.133. The number of nitrogens with one attached hydrogen (secondary N) is 2. The van der Waals surface area contributed by atoms with Crippen molar-refractivity contribution in [2.75, 3.05) is 18.8 Å². The van der Waals surface area contributed by atoms with Gasteiger partial charge in [-0.25, -0.2) is 13.1 Å². The quantitative estimate of drug-likeness (QED) is 0.632. The summed E-state index contributed by atoms with van der Waals surface area (Å²) in [7, 11) is -3.09. The Kier molecular flexibility index (Phi) is 6.08. The van der Waals surface area contributed by atoms with Gasteiger partial charge in [-0.15, -0.1) is 0 Å². The molecule has 1 saturated carbocycles. The fraction of sp³-hybridized carbons (Fsp3) is 1.00. The molecule has 1 fully saturated rings. The van der Waals surface area contributed by atoms with Crippen LogP contribution in [0.1, 0.15) is 52.9 Å². The number of sulfonamides is 1. The average molecular weight is 276 g/mol. The molecule has 0 radical (unpaired) electrons. The third kappa shape index (κ3) is 5.24. The van der Waals surface area contributed by atoms with Crippen LogP contribution in [0.3, 0.4) is 0 Å². The van der Waals surface area contributed by atoms with Gasteiger partial charge in [0.25, 0.3) is 0 Å².